The first-order valence-corrected chi connectivity index (χ1v) is 61.1. The molecule has 7 saturated heterocycles. The molecule has 0 amide bonds. The van der Waals surface area contributed by atoms with Gasteiger partial charge in [-0.25, -0.2) is 53.9 Å². The van der Waals surface area contributed by atoms with Crippen LogP contribution < -0.4 is 97.2 Å². The summed E-state index contributed by atoms with van der Waals surface area (Å²) in [5.41, 5.74) is 11.7. The van der Waals surface area contributed by atoms with E-state index in [-0.39, 0.29) is 76.6 Å². The van der Waals surface area contributed by atoms with Gasteiger partial charge in [-0.2, -0.15) is 4.98 Å². The monoisotopic (exact) mass is 2280 g/mol. The van der Waals surface area contributed by atoms with Gasteiger partial charge in [0.25, 0.3) is 22.2 Å². The number of anilines is 3. The summed E-state index contributed by atoms with van der Waals surface area (Å²) >= 11 is 37.9. The van der Waals surface area contributed by atoms with Gasteiger partial charge in [0, 0.05) is 111 Å². The van der Waals surface area contributed by atoms with Crippen molar-refractivity contribution in [2.75, 3.05) is 64.0 Å². The van der Waals surface area contributed by atoms with E-state index in [1.165, 1.54) is 63.6 Å². The zero-order valence-corrected chi connectivity index (χ0v) is 87.8. The number of nitrogens with zero attached hydrogens (tertiary/aromatic N) is 14. The summed E-state index contributed by atoms with van der Waals surface area (Å²) in [6.07, 6.45) is -19.7. The van der Waals surface area contributed by atoms with E-state index in [0.717, 1.165) is 54.9 Å². The molecule has 58 nitrogen and oxygen atoms in total. The molecule has 7 aliphatic rings. The van der Waals surface area contributed by atoms with Crippen LogP contribution in [0.15, 0.2) is 99.4 Å². The van der Waals surface area contributed by atoms with Crippen LogP contribution in [0.3, 0.4) is 0 Å². The number of nitrogens with two attached hydrogens (primary N) is 3. The van der Waals surface area contributed by atoms with E-state index in [4.69, 9.17) is 197 Å². The van der Waals surface area contributed by atoms with E-state index >= 15 is 0 Å². The Kier molecular flexibility index (Phi) is 34.0. The van der Waals surface area contributed by atoms with E-state index in [1.54, 1.807) is 18.4 Å². The summed E-state index contributed by atoms with van der Waals surface area (Å²) in [6.45, 7) is -30.1. The number of aryl methyl sites for hydroxylation is 5. The standard InChI is InChI=1S/C72H96N21O37P7S7/c1-8-36-37(9-55(117-36)92-29-80-57-60(74)76-27-78-62(57)92)125-132(104,139)111-22-45-39(11-50(119-45)87-16-31(2)59(73)82-68(87)98)126-136(108,143)116-26-49-43(15-56(123-49)93-30-81-58-61(75)77-28-79-63(58)93)130-137(109,144)115-25-48-42(14-54(122-48)91-20-35(6)67(97)86-72(91)102)129-135(107,142)114-24-47-41(13-53(121-47)90-19-34(5)66(96)85-71(90)101)128-134(106,141)113-23-46-40(12-52(120-46)89-18-33(4)65(95)84-70(89)100)127-133(105,140)112-21-44-38(124-131(103,138)110-7)10-51(118-44)88-17-32(3)64(94)83-69(88)99/h16-20,27-30,36-56H,8-15,21-26H2,1-7H3,(H,103,138)(H,104,139)(H,105,140)(H,106,141)(H,107,142)(H,108,143)(H,109,144)(H2,73,82,98)(H2,74,76,78)(H2,75,77,79)(H,83,94,99)(H,84,95,100)(H,85,96,101)(H,86,97,102)/p-7/t36-,37-,38-,39-,40-,41-,42-,43-,44-,45-,46-,47-,48-,49-,50-,51-,52-,53-,54-,55-,56-,131?,132?,133?,134?,135?,136?,137?/m1/s1. The van der Waals surface area contributed by atoms with Crippen LogP contribution in [0.5, 0.6) is 0 Å². The first-order chi connectivity index (χ1) is 67.8. The van der Waals surface area contributed by atoms with Crippen molar-refractivity contribution in [1.29, 1.82) is 0 Å². The molecule has 16 rings (SSSR count). The molecule has 16 heterocycles. The van der Waals surface area contributed by atoms with Gasteiger partial charge in [-0.3, -0.25) is 75.6 Å². The molecule has 72 heteroatoms. The molecule has 0 bridgehead atoms. The Hall–Kier alpha value is -6.50. The van der Waals surface area contributed by atoms with Crippen LogP contribution in [-0.2, 0) is 184 Å². The average Bonchev–Trinajstić information content (AvgIpc) is 1.60. The van der Waals surface area contributed by atoms with E-state index in [2.05, 4.69) is 54.8 Å². The molecule has 0 saturated carbocycles. The normalized spacial score (nSPS) is 29.7. The number of rotatable bonds is 41. The highest BCUT2D eigenvalue weighted by Crippen LogP contribution is 2.57. The van der Waals surface area contributed by atoms with E-state index in [1.807, 2.05) is 0 Å². The van der Waals surface area contributed by atoms with Crippen molar-refractivity contribution in [1.82, 2.24) is 86.8 Å². The van der Waals surface area contributed by atoms with Gasteiger partial charge < -0.3 is 155 Å². The van der Waals surface area contributed by atoms with Gasteiger partial charge in [0.05, 0.1) is 101 Å². The van der Waals surface area contributed by atoms with E-state index in [0.29, 0.717) is 23.1 Å². The van der Waals surface area contributed by atoms with Crippen LogP contribution in [0, 0.1) is 34.6 Å². The van der Waals surface area contributed by atoms with Gasteiger partial charge in [-0.15, -0.1) is 0 Å². The van der Waals surface area contributed by atoms with Crippen LogP contribution in [0.1, 0.15) is 130 Å². The first-order valence-electron chi connectivity index (χ1n) is 43.2. The van der Waals surface area contributed by atoms with Crippen molar-refractivity contribution in [2.45, 2.75) is 222 Å². The molecule has 0 spiro atoms. The summed E-state index contributed by atoms with van der Waals surface area (Å²) in [5, 5.41) is 0. The second-order valence-corrected chi connectivity index (χ2v) is 52.7. The first kappa shape index (κ1) is 110. The third kappa shape index (κ3) is 25.9. The molecule has 0 aliphatic carbocycles. The number of imidazole rings is 2. The Morgan fingerprint density at radius 2 is 0.611 bits per heavy atom. The van der Waals surface area contributed by atoms with Crippen LogP contribution in [0.2, 0.25) is 0 Å². The smallest absolute Gasteiger partial charge is 0.351 e. The molecule has 7 unspecified atom stereocenters. The molecule has 0 radical (unpaired) electrons. The molecular formula is C72H89N21O37P7S7-7. The van der Waals surface area contributed by atoms with Crippen molar-refractivity contribution in [2.24, 2.45) is 0 Å². The highest BCUT2D eigenvalue weighted by Gasteiger charge is 2.49. The van der Waals surface area contributed by atoms with Crippen LogP contribution >= 0.6 is 47.1 Å². The highest BCUT2D eigenvalue weighted by atomic mass is 32.7. The maximum atomic E-state index is 15.0. The molecular weight excluding hydrogens is 2190 g/mol. The summed E-state index contributed by atoms with van der Waals surface area (Å²) in [7, 11) is 1.01. The average molecular weight is 2280 g/mol. The molecule has 144 heavy (non-hydrogen) atoms. The minimum absolute atomic E-state index is 0.00302. The fourth-order valence-electron chi connectivity index (χ4n) is 16.7. The number of H-pyrrole nitrogens is 4. The van der Waals surface area contributed by atoms with Crippen molar-refractivity contribution >= 4 is 170 Å². The van der Waals surface area contributed by atoms with Gasteiger partial charge in [0.2, 0.25) is 0 Å². The largest absolute Gasteiger partial charge is 0.780 e. The molecule has 9 aromatic heterocycles. The van der Waals surface area contributed by atoms with Crippen LogP contribution in [0.25, 0.3) is 22.3 Å². The Bertz CT molecular complexity index is 7320. The molecule has 28 atom stereocenters. The van der Waals surface area contributed by atoms with Crippen molar-refractivity contribution < 1.29 is 130 Å². The summed E-state index contributed by atoms with van der Waals surface area (Å²) < 4.78 is 148. The summed E-state index contributed by atoms with van der Waals surface area (Å²) in [5.74, 6) is -0.00927. The number of aromatic amines is 4. The topological polar surface area (TPSA) is 769 Å². The molecule has 0 aromatic carbocycles. The molecule has 7 fully saturated rings. The Morgan fingerprint density at radius 3 is 0.903 bits per heavy atom. The fraction of sp³-hybridized carbons (Fsp3) is 0.583. The van der Waals surface area contributed by atoms with Crippen LogP contribution in [0.4, 0.5) is 17.5 Å². The van der Waals surface area contributed by atoms with Crippen molar-refractivity contribution in [3.05, 3.63) is 178 Å². The van der Waals surface area contributed by atoms with Gasteiger partial charge in [-0.05, 0) is 41.0 Å². The third-order valence-corrected chi connectivity index (χ3v) is 34.9. The highest BCUT2D eigenvalue weighted by molar-refractivity contribution is 8.32. The Labute approximate surface area is 845 Å². The summed E-state index contributed by atoms with van der Waals surface area (Å²) in [6, 6.07) is 0. The zero-order chi connectivity index (χ0) is 104. The number of nitrogens with one attached hydrogen (secondary N) is 4. The lowest BCUT2D eigenvalue weighted by atomic mass is 10.1. The predicted molar refractivity (Wildman–Crippen MR) is 509 cm³/mol. The molecule has 10 N–H and O–H groups in total. The van der Waals surface area contributed by atoms with E-state index < -0.39 is 286 Å². The van der Waals surface area contributed by atoms with Crippen LogP contribution in [-0.4, -0.2) is 219 Å². The molecule has 7 aliphatic heterocycles. The molecule has 788 valence electrons. The van der Waals surface area contributed by atoms with Gasteiger partial charge in [-0.1, -0.05) is 77.8 Å². The fourth-order valence-corrected chi connectivity index (χ4v) is 26.4. The van der Waals surface area contributed by atoms with Gasteiger partial charge in [0.1, 0.15) is 150 Å². The lowest BCUT2D eigenvalue weighted by molar-refractivity contribution is -0.221. The van der Waals surface area contributed by atoms with Gasteiger partial charge in [0.15, 0.2) is 29.7 Å². The lowest BCUT2D eigenvalue weighted by Crippen LogP contribution is -2.35. The maximum Gasteiger partial charge on any atom is 0.351 e. The third-order valence-electron chi connectivity index (χ3n) is 23.8. The minimum Gasteiger partial charge on any atom is -0.780 e. The Balaban J connectivity index is 0.604. The predicted octanol–water partition coefficient (Wildman–Crippen LogP) is -2.56. The van der Waals surface area contributed by atoms with Gasteiger partial charge >= 0.3 is 28.4 Å². The number of nitrogen functional groups attached to an aromatic ring is 3. The lowest BCUT2D eigenvalue weighted by Gasteiger charge is -2.36. The quantitative estimate of drug-likeness (QED) is 0.0153. The van der Waals surface area contributed by atoms with Crippen molar-refractivity contribution in [3.8, 4) is 0 Å². The molecule has 9 aromatic rings. The second kappa shape index (κ2) is 44.4. The number of hydrogen-bond acceptors (Lipinski definition) is 54. The number of aromatic nitrogens is 18. The second-order valence-electron chi connectivity index (χ2n) is 33.6. The number of fused-ring (bicyclic) bond motifs is 2. The maximum absolute atomic E-state index is 15.0. The summed E-state index contributed by atoms with van der Waals surface area (Å²) in [4.78, 5) is 241. The SMILES string of the molecule is CC[C@H]1O[C@@H](n2cnc3c(N)ncnc32)C[C@H]1OP([O-])(=S)OC[C@H]1O[C@@H](n2cc(C)c(N)nc2=O)C[C@H]1OP(=O)([S-])OC[C@H]1O[C@@H](n2cnc3c(N)ncnc32)C[C@H]1OP([O-])(=S)OC[C@H]1O[C@@H](n2cc(C)c(=O)[nH]c2=O)C[C@H]1OP([O-])(=S)OC[C@H]1O[C@@H](n2cc(C)c(=O)[nH]c2=O)C[C@H]1OP([O-])(=S)OC[C@H]1O[C@@H](n2cc(C)c(=O)[nH]c2=O)C[C@H]1OP([O-])(=S)OC[C@H]1O[C@@H](n2cc(C)c(=O)[nH]c2=O)C[C@H]1OP([O-])(=S)OC. The number of ether oxygens (including phenoxy) is 7. The van der Waals surface area contributed by atoms with Crippen molar-refractivity contribution in [3.63, 3.8) is 0 Å². The Morgan fingerprint density at radius 1 is 0.361 bits per heavy atom. The zero-order valence-electron chi connectivity index (χ0n) is 75.8. The van der Waals surface area contributed by atoms with E-state index in [9.17, 15) is 77.1 Å². The number of hydrogen-bond donors (Lipinski definition) is 7. The minimum atomic E-state index is -5.09.